The minimum atomic E-state index is 0.706. The molecule has 0 saturated heterocycles. The van der Waals surface area contributed by atoms with Gasteiger partial charge in [-0.1, -0.05) is 12.1 Å². The molecule has 0 radical (unpaired) electrons. The molecule has 1 aromatic heterocycles. The topological polar surface area (TPSA) is 42.7 Å². The average molecular weight is 216 g/mol. The van der Waals surface area contributed by atoms with Gasteiger partial charge in [-0.25, -0.2) is 9.67 Å². The number of hydrogen-bond donors (Lipinski definition) is 1. The van der Waals surface area contributed by atoms with Crippen molar-refractivity contribution in [3.63, 3.8) is 0 Å². The van der Waals surface area contributed by atoms with Crippen molar-refractivity contribution < 1.29 is 0 Å². The third-order valence-corrected chi connectivity index (χ3v) is 2.46. The zero-order valence-corrected chi connectivity index (χ0v) is 9.64. The molecule has 16 heavy (non-hydrogen) atoms. The van der Waals surface area contributed by atoms with E-state index in [0.29, 0.717) is 6.54 Å². The molecule has 1 heterocycles. The summed E-state index contributed by atoms with van der Waals surface area (Å²) < 4.78 is 1.89. The van der Waals surface area contributed by atoms with Gasteiger partial charge in [0.1, 0.15) is 12.2 Å². The fourth-order valence-electron chi connectivity index (χ4n) is 1.63. The van der Waals surface area contributed by atoms with E-state index in [1.807, 2.05) is 10.7 Å². The van der Waals surface area contributed by atoms with E-state index in [1.54, 1.807) is 6.33 Å². The van der Waals surface area contributed by atoms with Crippen LogP contribution >= 0.6 is 0 Å². The zero-order chi connectivity index (χ0) is 11.4. The number of nitrogens with one attached hydrogen (secondary N) is 1. The number of benzene rings is 1. The molecule has 84 valence electrons. The van der Waals surface area contributed by atoms with Gasteiger partial charge < -0.3 is 5.32 Å². The Morgan fingerprint density at radius 1 is 1.38 bits per heavy atom. The van der Waals surface area contributed by atoms with E-state index in [4.69, 9.17) is 0 Å². The van der Waals surface area contributed by atoms with Crippen LogP contribution in [0.4, 0.5) is 5.69 Å². The molecule has 4 nitrogen and oxygen atoms in total. The van der Waals surface area contributed by atoms with Gasteiger partial charge in [-0.3, -0.25) is 0 Å². The largest absolute Gasteiger partial charge is 0.378 e. The molecule has 0 fully saturated rings. The van der Waals surface area contributed by atoms with Crippen molar-refractivity contribution in [3.05, 3.63) is 42.0 Å². The van der Waals surface area contributed by atoms with Crippen molar-refractivity contribution >= 4 is 5.69 Å². The van der Waals surface area contributed by atoms with Gasteiger partial charge in [0.05, 0.1) is 6.54 Å². The highest BCUT2D eigenvalue weighted by Gasteiger charge is 2.01. The van der Waals surface area contributed by atoms with Gasteiger partial charge in [-0.2, -0.15) is 5.10 Å². The van der Waals surface area contributed by atoms with Crippen molar-refractivity contribution in [1.82, 2.24) is 14.8 Å². The van der Waals surface area contributed by atoms with Gasteiger partial charge in [0.2, 0.25) is 0 Å². The van der Waals surface area contributed by atoms with Gasteiger partial charge in [0.25, 0.3) is 0 Å². The predicted octanol–water partition coefficient (Wildman–Crippen LogP) is 2.22. The summed E-state index contributed by atoms with van der Waals surface area (Å²) in [6.07, 6.45) is 1.59. The summed E-state index contributed by atoms with van der Waals surface area (Å²) in [5, 5.41) is 7.47. The van der Waals surface area contributed by atoms with E-state index in [0.717, 1.165) is 18.1 Å². The molecule has 0 unspecified atom stereocenters. The average Bonchev–Trinajstić information content (AvgIpc) is 2.74. The number of hydrogen-bond acceptors (Lipinski definition) is 3. The number of anilines is 1. The Labute approximate surface area is 95.3 Å². The lowest BCUT2D eigenvalue weighted by molar-refractivity contribution is 0.622. The predicted molar refractivity (Wildman–Crippen MR) is 64.2 cm³/mol. The maximum Gasteiger partial charge on any atom is 0.146 e. The van der Waals surface area contributed by atoms with Crippen molar-refractivity contribution in [1.29, 1.82) is 0 Å². The number of aryl methyl sites for hydroxylation is 2. The second-order valence-corrected chi connectivity index (χ2v) is 3.72. The van der Waals surface area contributed by atoms with Gasteiger partial charge in [-0.15, -0.1) is 0 Å². The van der Waals surface area contributed by atoms with E-state index in [2.05, 4.69) is 47.4 Å². The first-order valence-electron chi connectivity index (χ1n) is 5.47. The molecular formula is C12H16N4. The second-order valence-electron chi connectivity index (χ2n) is 3.72. The molecule has 0 saturated carbocycles. The Kier molecular flexibility index (Phi) is 3.19. The summed E-state index contributed by atoms with van der Waals surface area (Å²) >= 11 is 0. The quantitative estimate of drug-likeness (QED) is 0.852. The van der Waals surface area contributed by atoms with Crippen LogP contribution in [0.2, 0.25) is 0 Å². The normalized spacial score (nSPS) is 10.4. The van der Waals surface area contributed by atoms with Crippen LogP contribution in [0.25, 0.3) is 0 Å². The maximum absolute atomic E-state index is 4.21. The van der Waals surface area contributed by atoms with Crippen molar-refractivity contribution in [2.75, 3.05) is 5.32 Å². The Morgan fingerprint density at radius 2 is 2.25 bits per heavy atom. The van der Waals surface area contributed by atoms with E-state index in [9.17, 15) is 0 Å². The number of aromatic nitrogens is 3. The molecule has 0 aliphatic rings. The molecule has 0 atom stereocenters. The first-order chi connectivity index (χ1) is 7.79. The summed E-state index contributed by atoms with van der Waals surface area (Å²) in [5.74, 6) is 0.962. The van der Waals surface area contributed by atoms with Gasteiger partial charge in [-0.05, 0) is 31.5 Å². The van der Waals surface area contributed by atoms with Crippen LogP contribution in [0.5, 0.6) is 0 Å². The summed E-state index contributed by atoms with van der Waals surface area (Å²) in [4.78, 5) is 4.21. The molecule has 0 aliphatic heterocycles. The molecule has 1 aromatic carbocycles. The summed E-state index contributed by atoms with van der Waals surface area (Å²) in [6.45, 7) is 5.70. The minimum absolute atomic E-state index is 0.706. The zero-order valence-electron chi connectivity index (χ0n) is 9.64. The lowest BCUT2D eigenvalue weighted by Gasteiger charge is -2.07. The fraction of sp³-hybridized carbons (Fsp3) is 0.333. The molecule has 2 rings (SSSR count). The third kappa shape index (κ3) is 2.39. The molecule has 0 spiro atoms. The Bertz CT molecular complexity index is 462. The van der Waals surface area contributed by atoms with Crippen molar-refractivity contribution in [2.24, 2.45) is 0 Å². The van der Waals surface area contributed by atoms with Crippen LogP contribution in [0, 0.1) is 6.92 Å². The SMILES string of the molecule is CCn1ncnc1CNc1cccc(C)c1. The highest BCUT2D eigenvalue weighted by atomic mass is 15.3. The van der Waals surface area contributed by atoms with Crippen LogP contribution in [0.15, 0.2) is 30.6 Å². The van der Waals surface area contributed by atoms with Crippen molar-refractivity contribution in [2.45, 2.75) is 26.9 Å². The first kappa shape index (κ1) is 10.7. The van der Waals surface area contributed by atoms with Crippen LogP contribution in [0.3, 0.4) is 0 Å². The fourth-order valence-corrected chi connectivity index (χ4v) is 1.63. The highest BCUT2D eigenvalue weighted by Crippen LogP contribution is 2.10. The monoisotopic (exact) mass is 216 g/mol. The Balaban J connectivity index is 2.02. The first-order valence-corrected chi connectivity index (χ1v) is 5.47. The number of nitrogens with zero attached hydrogens (tertiary/aromatic N) is 3. The van der Waals surface area contributed by atoms with Gasteiger partial charge in [0.15, 0.2) is 0 Å². The molecular weight excluding hydrogens is 200 g/mol. The minimum Gasteiger partial charge on any atom is -0.378 e. The van der Waals surface area contributed by atoms with Crippen LogP contribution in [-0.2, 0) is 13.1 Å². The summed E-state index contributed by atoms with van der Waals surface area (Å²) in [6, 6.07) is 8.30. The van der Waals surface area contributed by atoms with E-state index < -0.39 is 0 Å². The van der Waals surface area contributed by atoms with E-state index in [1.165, 1.54) is 5.56 Å². The smallest absolute Gasteiger partial charge is 0.146 e. The highest BCUT2D eigenvalue weighted by molar-refractivity contribution is 5.45. The second kappa shape index (κ2) is 4.79. The maximum atomic E-state index is 4.21. The van der Waals surface area contributed by atoms with Crippen molar-refractivity contribution in [3.8, 4) is 0 Å². The lowest BCUT2D eigenvalue weighted by atomic mass is 10.2. The van der Waals surface area contributed by atoms with Gasteiger partial charge in [0, 0.05) is 12.2 Å². The lowest BCUT2D eigenvalue weighted by Crippen LogP contribution is -2.09. The van der Waals surface area contributed by atoms with Crippen LogP contribution in [-0.4, -0.2) is 14.8 Å². The van der Waals surface area contributed by atoms with E-state index >= 15 is 0 Å². The Hall–Kier alpha value is -1.84. The molecule has 0 bridgehead atoms. The van der Waals surface area contributed by atoms with Crippen LogP contribution < -0.4 is 5.32 Å². The molecule has 2 aromatic rings. The third-order valence-electron chi connectivity index (χ3n) is 2.46. The molecule has 1 N–H and O–H groups in total. The van der Waals surface area contributed by atoms with E-state index in [-0.39, 0.29) is 0 Å². The molecule has 0 aliphatic carbocycles. The van der Waals surface area contributed by atoms with Gasteiger partial charge >= 0.3 is 0 Å². The standard InChI is InChI=1S/C12H16N4/c1-3-16-12(14-9-15-16)8-13-11-6-4-5-10(2)7-11/h4-7,9,13H,3,8H2,1-2H3. The summed E-state index contributed by atoms with van der Waals surface area (Å²) in [5.41, 5.74) is 2.37. The summed E-state index contributed by atoms with van der Waals surface area (Å²) in [7, 11) is 0. The van der Waals surface area contributed by atoms with Crippen LogP contribution in [0.1, 0.15) is 18.3 Å². The molecule has 4 heteroatoms. The Morgan fingerprint density at radius 3 is 3.00 bits per heavy atom. The number of rotatable bonds is 4. The molecule has 0 amide bonds.